The predicted octanol–water partition coefficient (Wildman–Crippen LogP) is 8.44. The molecule has 3 aromatic carbocycles. The molecule has 0 fully saturated rings. The van der Waals surface area contributed by atoms with Gasteiger partial charge in [0.1, 0.15) is 0 Å². The molecule has 0 bridgehead atoms. The SMILES string of the molecule is CC.CC.CC.c1ccc(Cn2c(-c3ccccc3)cc3ccccc32)cc1. The molecule has 0 aliphatic rings. The van der Waals surface area contributed by atoms with Gasteiger partial charge in [0.25, 0.3) is 0 Å². The summed E-state index contributed by atoms with van der Waals surface area (Å²) in [5.41, 5.74) is 5.13. The van der Waals surface area contributed by atoms with E-state index in [1.165, 1.54) is 27.7 Å². The number of hydrogen-bond donors (Lipinski definition) is 0. The number of nitrogens with zero attached hydrogens (tertiary/aromatic N) is 1. The topological polar surface area (TPSA) is 4.93 Å². The number of hydrogen-bond acceptors (Lipinski definition) is 0. The molecule has 0 radical (unpaired) electrons. The number of aromatic nitrogens is 1. The molecule has 0 saturated heterocycles. The smallest absolute Gasteiger partial charge is 0.0494 e. The summed E-state index contributed by atoms with van der Waals surface area (Å²) < 4.78 is 2.40. The molecule has 1 heteroatoms. The molecule has 4 aromatic rings. The minimum absolute atomic E-state index is 0.887. The van der Waals surface area contributed by atoms with Crippen LogP contribution < -0.4 is 0 Å². The van der Waals surface area contributed by atoms with Gasteiger partial charge in [-0.2, -0.15) is 0 Å². The Bertz CT molecular complexity index is 889. The Hall–Kier alpha value is -2.80. The summed E-state index contributed by atoms with van der Waals surface area (Å²) in [7, 11) is 0. The van der Waals surface area contributed by atoms with Crippen molar-refractivity contribution in [2.75, 3.05) is 0 Å². The zero-order valence-corrected chi connectivity index (χ0v) is 18.3. The van der Waals surface area contributed by atoms with Crippen LogP contribution in [0.4, 0.5) is 0 Å². The van der Waals surface area contributed by atoms with E-state index in [0.29, 0.717) is 0 Å². The second-order valence-corrected chi connectivity index (χ2v) is 5.53. The average molecular weight is 374 g/mol. The summed E-state index contributed by atoms with van der Waals surface area (Å²) in [6.45, 7) is 12.9. The molecule has 1 nitrogen and oxygen atoms in total. The van der Waals surface area contributed by atoms with Crippen molar-refractivity contribution in [3.05, 3.63) is 96.6 Å². The first-order valence-electron chi connectivity index (χ1n) is 10.6. The van der Waals surface area contributed by atoms with Crippen LogP contribution in [-0.2, 0) is 6.54 Å². The number of rotatable bonds is 3. The van der Waals surface area contributed by atoms with Crippen molar-refractivity contribution in [1.29, 1.82) is 0 Å². The van der Waals surface area contributed by atoms with E-state index in [-0.39, 0.29) is 0 Å². The normalized spacial score (nSPS) is 9.21. The fraction of sp³-hybridized carbons (Fsp3) is 0.259. The molecule has 0 saturated carbocycles. The van der Waals surface area contributed by atoms with E-state index in [4.69, 9.17) is 0 Å². The first-order valence-corrected chi connectivity index (χ1v) is 10.6. The largest absolute Gasteiger partial charge is 0.336 e. The first-order chi connectivity index (χ1) is 13.9. The molecule has 0 spiro atoms. The van der Waals surface area contributed by atoms with Crippen molar-refractivity contribution in [2.45, 2.75) is 48.1 Å². The number of fused-ring (bicyclic) bond motifs is 1. The molecule has 0 atom stereocenters. The summed E-state index contributed by atoms with van der Waals surface area (Å²) in [4.78, 5) is 0. The van der Waals surface area contributed by atoms with Crippen molar-refractivity contribution in [2.24, 2.45) is 0 Å². The fourth-order valence-corrected chi connectivity index (χ4v) is 2.99. The molecule has 0 amide bonds. The zero-order chi connectivity index (χ0) is 20.8. The minimum Gasteiger partial charge on any atom is -0.336 e. The highest BCUT2D eigenvalue weighted by Gasteiger charge is 2.10. The lowest BCUT2D eigenvalue weighted by Crippen LogP contribution is -2.01. The van der Waals surface area contributed by atoms with Gasteiger partial charge in [-0.05, 0) is 23.3 Å². The van der Waals surface area contributed by atoms with E-state index in [2.05, 4.69) is 95.6 Å². The van der Waals surface area contributed by atoms with E-state index < -0.39 is 0 Å². The molecule has 0 unspecified atom stereocenters. The Kier molecular flexibility index (Phi) is 11.1. The second kappa shape index (κ2) is 13.4. The third-order valence-electron chi connectivity index (χ3n) is 4.06. The van der Waals surface area contributed by atoms with Gasteiger partial charge in [0.2, 0.25) is 0 Å². The molecule has 0 N–H and O–H groups in total. The van der Waals surface area contributed by atoms with Crippen LogP contribution in [0.2, 0.25) is 0 Å². The van der Waals surface area contributed by atoms with Crippen LogP contribution in [0, 0.1) is 0 Å². The van der Waals surface area contributed by atoms with Crippen molar-refractivity contribution in [1.82, 2.24) is 4.57 Å². The van der Waals surface area contributed by atoms with Crippen LogP contribution in [0.5, 0.6) is 0 Å². The van der Waals surface area contributed by atoms with Gasteiger partial charge in [0.15, 0.2) is 0 Å². The maximum Gasteiger partial charge on any atom is 0.0494 e. The van der Waals surface area contributed by atoms with Gasteiger partial charge < -0.3 is 4.57 Å². The number of benzene rings is 3. The van der Waals surface area contributed by atoms with E-state index in [9.17, 15) is 0 Å². The summed E-state index contributed by atoms with van der Waals surface area (Å²) in [5.74, 6) is 0. The lowest BCUT2D eigenvalue weighted by molar-refractivity contribution is 0.845. The Labute approximate surface area is 171 Å². The van der Waals surface area contributed by atoms with Crippen molar-refractivity contribution in [3.8, 4) is 11.3 Å². The molecule has 148 valence electrons. The number of para-hydroxylation sites is 1. The molecule has 1 heterocycles. The molecular weight excluding hydrogens is 338 g/mol. The van der Waals surface area contributed by atoms with E-state index in [1.807, 2.05) is 41.5 Å². The molecular formula is C27H35N. The van der Waals surface area contributed by atoms with Crippen LogP contribution in [0.25, 0.3) is 22.2 Å². The predicted molar refractivity (Wildman–Crippen MR) is 127 cm³/mol. The summed E-state index contributed by atoms with van der Waals surface area (Å²) >= 11 is 0. The monoisotopic (exact) mass is 373 g/mol. The van der Waals surface area contributed by atoms with Crippen LogP contribution in [-0.4, -0.2) is 4.57 Å². The maximum atomic E-state index is 2.40. The lowest BCUT2D eigenvalue weighted by atomic mass is 10.1. The van der Waals surface area contributed by atoms with Crippen LogP contribution in [0.3, 0.4) is 0 Å². The average Bonchev–Trinajstić information content (AvgIpc) is 3.18. The molecule has 1 aromatic heterocycles. The van der Waals surface area contributed by atoms with Crippen molar-refractivity contribution < 1.29 is 0 Å². The van der Waals surface area contributed by atoms with Gasteiger partial charge in [0, 0.05) is 23.1 Å². The van der Waals surface area contributed by atoms with Crippen LogP contribution in [0.15, 0.2) is 91.0 Å². The van der Waals surface area contributed by atoms with Gasteiger partial charge in [-0.1, -0.05) is 120 Å². The van der Waals surface area contributed by atoms with Gasteiger partial charge in [-0.3, -0.25) is 0 Å². The molecule has 28 heavy (non-hydrogen) atoms. The Morgan fingerprint density at radius 1 is 0.571 bits per heavy atom. The highest BCUT2D eigenvalue weighted by molar-refractivity contribution is 5.87. The quantitative estimate of drug-likeness (QED) is 0.339. The Balaban J connectivity index is 0.000000599. The summed E-state index contributed by atoms with van der Waals surface area (Å²) in [6, 6.07) is 32.1. The van der Waals surface area contributed by atoms with Gasteiger partial charge in [0.05, 0.1) is 0 Å². The summed E-state index contributed by atoms with van der Waals surface area (Å²) in [6.07, 6.45) is 0. The standard InChI is InChI=1S/C21H17N.3C2H6/c1-3-9-17(10-4-1)16-22-20-14-8-7-13-19(20)15-21(22)18-11-5-2-6-12-18;3*1-2/h1-15H,16H2;3*1-2H3. The first kappa shape index (κ1) is 23.2. The third-order valence-corrected chi connectivity index (χ3v) is 4.06. The fourth-order valence-electron chi connectivity index (χ4n) is 2.99. The molecule has 0 aliphatic carbocycles. The van der Waals surface area contributed by atoms with Gasteiger partial charge in [-0.15, -0.1) is 0 Å². The van der Waals surface area contributed by atoms with Crippen LogP contribution >= 0.6 is 0 Å². The summed E-state index contributed by atoms with van der Waals surface area (Å²) in [5, 5.41) is 1.29. The van der Waals surface area contributed by atoms with Crippen molar-refractivity contribution in [3.63, 3.8) is 0 Å². The highest BCUT2D eigenvalue weighted by Crippen LogP contribution is 2.29. The lowest BCUT2D eigenvalue weighted by Gasteiger charge is -2.11. The molecule has 0 aliphatic heterocycles. The minimum atomic E-state index is 0.887. The second-order valence-electron chi connectivity index (χ2n) is 5.53. The zero-order valence-electron chi connectivity index (χ0n) is 18.3. The maximum absolute atomic E-state index is 2.40. The Morgan fingerprint density at radius 3 is 1.68 bits per heavy atom. The van der Waals surface area contributed by atoms with Gasteiger partial charge in [-0.25, -0.2) is 0 Å². The molecule has 4 rings (SSSR count). The third kappa shape index (κ3) is 5.85. The highest BCUT2D eigenvalue weighted by atomic mass is 15.0. The van der Waals surface area contributed by atoms with Crippen LogP contribution in [0.1, 0.15) is 47.1 Å². The van der Waals surface area contributed by atoms with E-state index in [0.717, 1.165) is 6.54 Å². The van der Waals surface area contributed by atoms with E-state index in [1.54, 1.807) is 0 Å². The van der Waals surface area contributed by atoms with E-state index >= 15 is 0 Å². The Morgan fingerprint density at radius 2 is 1.07 bits per heavy atom. The van der Waals surface area contributed by atoms with Crippen molar-refractivity contribution >= 4 is 10.9 Å². The van der Waals surface area contributed by atoms with Gasteiger partial charge >= 0.3 is 0 Å².